The summed E-state index contributed by atoms with van der Waals surface area (Å²) in [7, 11) is -5.92. The first-order chi connectivity index (χ1) is 34.2. The number of methoxy groups -OCH3 is 1. The maximum atomic E-state index is 13.8. The van der Waals surface area contributed by atoms with Gasteiger partial charge in [-0.2, -0.15) is 13.9 Å². The molecule has 4 aliphatic heterocycles. The Labute approximate surface area is 427 Å². The van der Waals surface area contributed by atoms with Crippen LogP contribution in [0, 0.1) is 34.0 Å². The average Bonchev–Trinajstić information content (AvgIpc) is 4.18. The van der Waals surface area contributed by atoms with E-state index in [0.29, 0.717) is 87.3 Å². The SMILES string of the molecule is CC(C)(CCCC#N)CN(CC(O)[C@H](Cc1ccccc1)NC=O)S(=O)(=O)c1ccc2c(c1)OCO2.CC(C)CN(CC(C)(C)CCCCN)S(=O)(=O)c1ccc2c(c1)OCO2.CO[C@H]1CO[C@H]2OCC[C@H]21. The molecule has 72 heavy (non-hydrogen) atoms. The van der Waals surface area contributed by atoms with Crippen LogP contribution in [0.4, 0.5) is 0 Å². The standard InChI is InChI=1S/C26H33N3O6S.C19H32N2O4S.C7H12O3/c1-26(2,12-6-7-13-27)17-29(36(32,33)21-10-11-24-25(15-21)35-19-34-24)16-23(31)22(28-18-30)14-20-8-4-3-5-9-20;1-15(2)12-21(13-19(3,4)9-5-6-10-20)26(22,23)16-7-8-17-18(11-16)25-14-24-17;1-8-6-4-10-7-5(6)2-3-9-7/h3-5,8-11,15,18,22-23,31H,6-7,12,14,16-17,19H2,1-2H3,(H,28,30);7-8,11,15H,5-6,9-10,12-14,20H2,1-4H3;5-7H,2-4H2,1H3/t22-,23?;;5-,6-,7+/m0.0/s1. The molecule has 7 rings (SSSR count). The summed E-state index contributed by atoms with van der Waals surface area (Å²) in [6, 6.07) is 20.0. The molecule has 0 aliphatic carbocycles. The zero-order chi connectivity index (χ0) is 52.5. The van der Waals surface area contributed by atoms with Crippen molar-refractivity contribution in [3.63, 3.8) is 0 Å². The smallest absolute Gasteiger partial charge is 0.243 e. The third kappa shape index (κ3) is 16.7. The third-order valence-corrected chi connectivity index (χ3v) is 16.5. The lowest BCUT2D eigenvalue weighted by Crippen LogP contribution is -2.50. The second-order valence-corrected chi connectivity index (χ2v) is 24.4. The Morgan fingerprint density at radius 1 is 0.819 bits per heavy atom. The van der Waals surface area contributed by atoms with E-state index in [4.69, 9.17) is 44.2 Å². The van der Waals surface area contributed by atoms with Crippen molar-refractivity contribution in [2.24, 2.45) is 28.4 Å². The fraction of sp³-hybridized carbons (Fsp3) is 0.615. The molecule has 4 N–H and O–H groups in total. The molecule has 0 aromatic heterocycles. The number of sulfonamides is 2. The van der Waals surface area contributed by atoms with Gasteiger partial charge < -0.3 is 49.3 Å². The highest BCUT2D eigenvalue weighted by Crippen LogP contribution is 2.38. The minimum atomic E-state index is -4.05. The van der Waals surface area contributed by atoms with E-state index in [9.17, 15) is 26.7 Å². The average molecular weight is 1040 g/mol. The number of hydrogen-bond acceptors (Lipinski definition) is 15. The van der Waals surface area contributed by atoms with Gasteiger partial charge in [0.05, 0.1) is 47.3 Å². The van der Waals surface area contributed by atoms with E-state index in [2.05, 4.69) is 25.2 Å². The molecule has 5 atom stereocenters. The number of nitrogens with one attached hydrogen (secondary N) is 1. The summed E-state index contributed by atoms with van der Waals surface area (Å²) in [5.74, 6) is 2.60. The van der Waals surface area contributed by atoms with Crippen molar-refractivity contribution < 1.29 is 59.9 Å². The number of amides is 1. The molecule has 0 bridgehead atoms. The number of fused-ring (bicyclic) bond motifs is 3. The second kappa shape index (κ2) is 27.1. The van der Waals surface area contributed by atoms with E-state index < -0.39 is 37.6 Å². The van der Waals surface area contributed by atoms with Gasteiger partial charge in [-0.3, -0.25) is 4.79 Å². The lowest BCUT2D eigenvalue weighted by molar-refractivity contribution is -0.111. The van der Waals surface area contributed by atoms with Crippen molar-refractivity contribution in [2.45, 2.75) is 127 Å². The van der Waals surface area contributed by atoms with Crippen molar-refractivity contribution in [2.75, 3.05) is 66.6 Å². The number of nitriles is 1. The van der Waals surface area contributed by atoms with Crippen LogP contribution in [0.5, 0.6) is 23.0 Å². The first-order valence-corrected chi connectivity index (χ1v) is 27.7. The first-order valence-electron chi connectivity index (χ1n) is 24.8. The highest BCUT2D eigenvalue weighted by atomic mass is 32.2. The van der Waals surface area contributed by atoms with Crippen LogP contribution >= 0.6 is 0 Å². The van der Waals surface area contributed by atoms with Crippen molar-refractivity contribution in [3.8, 4) is 29.1 Å². The van der Waals surface area contributed by atoms with E-state index in [1.807, 2.05) is 58.0 Å². The Hall–Kier alpha value is -4.56. The predicted molar refractivity (Wildman–Crippen MR) is 271 cm³/mol. The minimum absolute atomic E-state index is 0.0196. The predicted octanol–water partition coefficient (Wildman–Crippen LogP) is 6.46. The van der Waals surface area contributed by atoms with Crippen LogP contribution in [0.2, 0.25) is 0 Å². The van der Waals surface area contributed by atoms with Crippen LogP contribution in [0.1, 0.15) is 92.1 Å². The van der Waals surface area contributed by atoms with Crippen LogP contribution < -0.4 is 30.0 Å². The molecule has 2 saturated heterocycles. The van der Waals surface area contributed by atoms with E-state index in [-0.39, 0.29) is 60.2 Å². The Bertz CT molecular complexity index is 2440. The molecule has 0 radical (unpaired) electrons. The molecule has 4 aliphatic rings. The summed E-state index contributed by atoms with van der Waals surface area (Å²) in [4.78, 5) is 11.6. The van der Waals surface area contributed by atoms with Gasteiger partial charge in [-0.15, -0.1) is 0 Å². The van der Waals surface area contributed by atoms with Gasteiger partial charge in [0, 0.05) is 57.8 Å². The molecule has 3 aromatic carbocycles. The summed E-state index contributed by atoms with van der Waals surface area (Å²) >= 11 is 0. The lowest BCUT2D eigenvalue weighted by atomic mass is 9.87. The Kier molecular flexibility index (Phi) is 22.0. The number of unbranched alkanes of at least 4 members (excludes halogenated alkanes) is 2. The highest BCUT2D eigenvalue weighted by Gasteiger charge is 2.42. The summed E-state index contributed by atoms with van der Waals surface area (Å²) in [5, 5.41) is 22.7. The first kappa shape index (κ1) is 58.3. The largest absolute Gasteiger partial charge is 0.454 e. The number of carbonyl (C=O) groups excluding carboxylic acids is 1. The van der Waals surface area contributed by atoms with Crippen LogP contribution in [0.15, 0.2) is 76.5 Å². The maximum Gasteiger partial charge on any atom is 0.243 e. The quantitative estimate of drug-likeness (QED) is 0.0610. The number of rotatable bonds is 25. The summed E-state index contributed by atoms with van der Waals surface area (Å²) in [6.07, 6.45) is 5.61. The number of aliphatic hydroxyl groups excluding tert-OH is 1. The normalized spacial score (nSPS) is 19.0. The highest BCUT2D eigenvalue weighted by molar-refractivity contribution is 7.89. The van der Waals surface area contributed by atoms with Crippen LogP contribution in [-0.2, 0) is 45.5 Å². The summed E-state index contributed by atoms with van der Waals surface area (Å²) in [5.41, 5.74) is 5.90. The summed E-state index contributed by atoms with van der Waals surface area (Å²) in [6.45, 7) is 15.4. The van der Waals surface area contributed by atoms with Crippen molar-refractivity contribution in [1.82, 2.24) is 13.9 Å². The second-order valence-electron chi connectivity index (χ2n) is 20.6. The number of carbonyl (C=O) groups is 1. The van der Waals surface area contributed by atoms with Crippen molar-refractivity contribution in [1.29, 1.82) is 5.26 Å². The molecule has 20 heteroatoms. The Morgan fingerprint density at radius 3 is 1.90 bits per heavy atom. The molecular weight excluding hydrogens is 967 g/mol. The number of nitrogens with zero attached hydrogens (tertiary/aromatic N) is 3. The van der Waals surface area contributed by atoms with Gasteiger partial charge in [0.1, 0.15) is 0 Å². The van der Waals surface area contributed by atoms with Gasteiger partial charge in [-0.05, 0) is 91.6 Å². The fourth-order valence-corrected chi connectivity index (χ4v) is 12.5. The van der Waals surface area contributed by atoms with Gasteiger partial charge in [0.15, 0.2) is 29.3 Å². The molecule has 3 aromatic rings. The lowest BCUT2D eigenvalue weighted by Gasteiger charge is -2.34. The molecule has 0 spiro atoms. The number of benzene rings is 3. The minimum Gasteiger partial charge on any atom is -0.454 e. The summed E-state index contributed by atoms with van der Waals surface area (Å²) < 4.78 is 94.2. The van der Waals surface area contributed by atoms with Crippen LogP contribution in [0.25, 0.3) is 0 Å². The van der Waals surface area contributed by atoms with Crippen molar-refractivity contribution >= 4 is 26.5 Å². The van der Waals surface area contributed by atoms with Crippen LogP contribution in [-0.4, -0.2) is 128 Å². The fourth-order valence-electron chi connectivity index (χ4n) is 9.05. The number of nitrogens with two attached hydrogens (primary N) is 1. The van der Waals surface area contributed by atoms with Gasteiger partial charge in [-0.1, -0.05) is 78.3 Å². The topological polar surface area (TPSA) is 239 Å². The monoisotopic (exact) mass is 1040 g/mol. The number of aliphatic hydroxyl groups is 1. The van der Waals surface area contributed by atoms with Gasteiger partial charge in [-0.25, -0.2) is 16.8 Å². The third-order valence-electron chi connectivity index (χ3n) is 12.9. The molecule has 18 nitrogen and oxygen atoms in total. The van der Waals surface area contributed by atoms with E-state index in [0.717, 1.165) is 37.9 Å². The Morgan fingerprint density at radius 2 is 1.38 bits per heavy atom. The number of ether oxygens (including phenoxy) is 7. The van der Waals surface area contributed by atoms with Gasteiger partial charge >= 0.3 is 0 Å². The van der Waals surface area contributed by atoms with E-state index in [1.54, 1.807) is 35.7 Å². The zero-order valence-corrected chi connectivity index (χ0v) is 44.6. The molecule has 2 fully saturated rings. The molecule has 4 heterocycles. The van der Waals surface area contributed by atoms with Gasteiger partial charge in [0.2, 0.25) is 40.0 Å². The van der Waals surface area contributed by atoms with Gasteiger partial charge in [0.25, 0.3) is 0 Å². The van der Waals surface area contributed by atoms with E-state index >= 15 is 0 Å². The number of hydrogen-bond donors (Lipinski definition) is 3. The molecule has 1 unspecified atom stereocenters. The van der Waals surface area contributed by atoms with Crippen LogP contribution in [0.3, 0.4) is 0 Å². The molecule has 0 saturated carbocycles. The van der Waals surface area contributed by atoms with Crippen molar-refractivity contribution in [3.05, 3.63) is 72.3 Å². The molecule has 1 amide bonds. The van der Waals surface area contributed by atoms with E-state index in [1.165, 1.54) is 16.4 Å². The molecule has 400 valence electrons. The molecular formula is C52H77N5O13S2. The Balaban J connectivity index is 0.000000231. The zero-order valence-electron chi connectivity index (χ0n) is 43.0. The maximum absolute atomic E-state index is 13.8.